The minimum absolute atomic E-state index is 0.0275. The Morgan fingerprint density at radius 3 is 2.06 bits per heavy atom. The van der Waals surface area contributed by atoms with Crippen molar-refractivity contribution in [2.45, 2.75) is 64.8 Å². The van der Waals surface area contributed by atoms with Gasteiger partial charge in [0.2, 0.25) is 0 Å². The molecule has 1 saturated carbocycles. The second-order valence-corrected chi connectivity index (χ2v) is 8.99. The number of carbonyl (C=O) groups excluding carboxylic acids is 2. The Bertz CT molecular complexity index is 832. The van der Waals surface area contributed by atoms with Crippen molar-refractivity contribution in [2.24, 2.45) is 0 Å². The van der Waals surface area contributed by atoms with Gasteiger partial charge in [-0.1, -0.05) is 55.9 Å². The van der Waals surface area contributed by atoms with Crippen molar-refractivity contribution < 1.29 is 19.1 Å². The number of aryl methyl sites for hydroxylation is 2. The first-order valence-corrected chi connectivity index (χ1v) is 11.9. The first-order chi connectivity index (χ1) is 15.5. The fourth-order valence-corrected chi connectivity index (χ4v) is 4.93. The van der Waals surface area contributed by atoms with Crippen LogP contribution in [0, 0.1) is 13.8 Å². The quantitative estimate of drug-likeness (QED) is 0.539. The average Bonchev–Trinajstić information content (AvgIpc) is 2.99. The molecule has 0 aromatic heterocycles. The molecule has 0 saturated heterocycles. The normalized spacial score (nSPS) is 18.3. The van der Waals surface area contributed by atoms with E-state index in [1.807, 2.05) is 30.9 Å². The van der Waals surface area contributed by atoms with Crippen molar-refractivity contribution in [1.29, 1.82) is 0 Å². The Hall–Kier alpha value is -2.18. The zero-order valence-electron chi connectivity index (χ0n) is 20.1. The maximum atomic E-state index is 13.9. The predicted octanol–water partition coefficient (Wildman–Crippen LogP) is 4.09. The third-order valence-corrected chi connectivity index (χ3v) is 6.63. The smallest absolute Gasteiger partial charge is 0.278 e. The van der Waals surface area contributed by atoms with Crippen LogP contribution in [0.4, 0.5) is 0 Å². The molecule has 3 rings (SSSR count). The minimum Gasteiger partial charge on any atom is -0.383 e. The first kappa shape index (κ1) is 24.5. The van der Waals surface area contributed by atoms with Crippen molar-refractivity contribution in [3.8, 4) is 0 Å². The molecule has 32 heavy (non-hydrogen) atoms. The highest BCUT2D eigenvalue weighted by atomic mass is 16.5. The van der Waals surface area contributed by atoms with E-state index < -0.39 is 0 Å². The number of carbonyl (C=O) groups is 2. The van der Waals surface area contributed by atoms with E-state index in [0.717, 1.165) is 42.4 Å². The van der Waals surface area contributed by atoms with Gasteiger partial charge < -0.3 is 14.4 Å². The summed E-state index contributed by atoms with van der Waals surface area (Å²) >= 11 is 0. The molecule has 0 unspecified atom stereocenters. The Balaban J connectivity index is 2.06. The van der Waals surface area contributed by atoms with Gasteiger partial charge in [0.05, 0.1) is 18.8 Å². The van der Waals surface area contributed by atoms with E-state index in [1.165, 1.54) is 19.3 Å². The summed E-state index contributed by atoms with van der Waals surface area (Å²) in [4.78, 5) is 31.3. The van der Waals surface area contributed by atoms with Crippen LogP contribution in [0.5, 0.6) is 0 Å². The third kappa shape index (κ3) is 5.41. The number of amides is 2. The van der Waals surface area contributed by atoms with E-state index in [-0.39, 0.29) is 17.9 Å². The standard InChI is InChI=1S/C26H38N2O4/c1-19-12-13-22(20(2)18-19)23-24(27(14-16-31-3)15-17-32-4)26(30)28(25(23)29)21-10-8-6-5-7-9-11-21/h12-13,18,21H,5-11,14-17H2,1-4H3. The highest BCUT2D eigenvalue weighted by Crippen LogP contribution is 2.36. The Labute approximate surface area is 192 Å². The number of hydrogen-bond acceptors (Lipinski definition) is 5. The van der Waals surface area contributed by atoms with Gasteiger partial charge in [-0.2, -0.15) is 0 Å². The summed E-state index contributed by atoms with van der Waals surface area (Å²) in [6.45, 7) is 6.05. The van der Waals surface area contributed by atoms with Crippen LogP contribution in [0.3, 0.4) is 0 Å². The number of rotatable bonds is 9. The molecular weight excluding hydrogens is 404 g/mol. The van der Waals surface area contributed by atoms with Gasteiger partial charge in [0.15, 0.2) is 0 Å². The molecule has 1 aliphatic carbocycles. The molecular formula is C26H38N2O4. The summed E-state index contributed by atoms with van der Waals surface area (Å²) in [6, 6.07) is 6.04. The lowest BCUT2D eigenvalue weighted by atomic mass is 9.95. The van der Waals surface area contributed by atoms with E-state index in [9.17, 15) is 9.59 Å². The fraction of sp³-hybridized carbons (Fsp3) is 0.615. The van der Waals surface area contributed by atoms with E-state index in [4.69, 9.17) is 9.47 Å². The minimum atomic E-state index is -0.164. The van der Waals surface area contributed by atoms with Crippen LogP contribution in [0.1, 0.15) is 61.6 Å². The maximum absolute atomic E-state index is 13.9. The first-order valence-electron chi connectivity index (χ1n) is 11.9. The average molecular weight is 443 g/mol. The number of methoxy groups -OCH3 is 2. The molecule has 1 aromatic rings. The van der Waals surface area contributed by atoms with Gasteiger partial charge >= 0.3 is 0 Å². The molecule has 1 aromatic carbocycles. The van der Waals surface area contributed by atoms with E-state index in [1.54, 1.807) is 19.1 Å². The number of nitrogens with zero attached hydrogens (tertiary/aromatic N) is 2. The van der Waals surface area contributed by atoms with Gasteiger partial charge in [0.1, 0.15) is 5.70 Å². The summed E-state index contributed by atoms with van der Waals surface area (Å²) in [7, 11) is 3.30. The van der Waals surface area contributed by atoms with Crippen molar-refractivity contribution in [3.63, 3.8) is 0 Å². The third-order valence-electron chi connectivity index (χ3n) is 6.63. The Morgan fingerprint density at radius 2 is 1.50 bits per heavy atom. The van der Waals surface area contributed by atoms with Crippen LogP contribution in [0.15, 0.2) is 23.9 Å². The second kappa shape index (κ2) is 11.6. The highest BCUT2D eigenvalue weighted by Gasteiger charge is 2.44. The number of hydrogen-bond donors (Lipinski definition) is 0. The zero-order chi connectivity index (χ0) is 23.1. The lowest BCUT2D eigenvalue weighted by Crippen LogP contribution is -2.43. The van der Waals surface area contributed by atoms with Crippen LogP contribution in [0.25, 0.3) is 5.57 Å². The van der Waals surface area contributed by atoms with Crippen molar-refractivity contribution >= 4 is 17.4 Å². The monoisotopic (exact) mass is 442 g/mol. The van der Waals surface area contributed by atoms with Gasteiger partial charge in [0, 0.05) is 33.4 Å². The Kier molecular flexibility index (Phi) is 8.88. The molecule has 2 amide bonds. The molecule has 176 valence electrons. The van der Waals surface area contributed by atoms with Crippen molar-refractivity contribution in [3.05, 3.63) is 40.6 Å². The lowest BCUT2D eigenvalue weighted by molar-refractivity contribution is -0.140. The molecule has 6 heteroatoms. The fourth-order valence-electron chi connectivity index (χ4n) is 4.93. The molecule has 1 heterocycles. The highest BCUT2D eigenvalue weighted by molar-refractivity contribution is 6.36. The molecule has 0 radical (unpaired) electrons. The molecule has 0 bridgehead atoms. The summed E-state index contributed by atoms with van der Waals surface area (Å²) < 4.78 is 10.6. The van der Waals surface area contributed by atoms with E-state index in [2.05, 4.69) is 6.07 Å². The zero-order valence-corrected chi connectivity index (χ0v) is 20.1. The lowest BCUT2D eigenvalue weighted by Gasteiger charge is -2.30. The van der Waals surface area contributed by atoms with Gasteiger partial charge in [-0.05, 0) is 37.8 Å². The molecule has 1 fully saturated rings. The maximum Gasteiger partial charge on any atom is 0.278 e. The van der Waals surface area contributed by atoms with E-state index >= 15 is 0 Å². The molecule has 0 N–H and O–H groups in total. The molecule has 6 nitrogen and oxygen atoms in total. The SMILES string of the molecule is COCCN(CCOC)C1=C(c2ccc(C)cc2C)C(=O)N(C2CCCCCCC2)C1=O. The van der Waals surface area contributed by atoms with Gasteiger partial charge in [0.25, 0.3) is 11.8 Å². The van der Waals surface area contributed by atoms with Crippen LogP contribution >= 0.6 is 0 Å². The largest absolute Gasteiger partial charge is 0.383 e. The summed E-state index contributed by atoms with van der Waals surface area (Å²) in [6.07, 6.45) is 7.49. The van der Waals surface area contributed by atoms with Crippen molar-refractivity contribution in [1.82, 2.24) is 9.80 Å². The number of benzene rings is 1. The van der Waals surface area contributed by atoms with Gasteiger partial charge in [-0.3, -0.25) is 14.5 Å². The van der Waals surface area contributed by atoms with Crippen LogP contribution in [-0.4, -0.2) is 68.2 Å². The van der Waals surface area contributed by atoms with Crippen LogP contribution < -0.4 is 0 Å². The summed E-state index contributed by atoms with van der Waals surface area (Å²) in [5.74, 6) is -0.315. The van der Waals surface area contributed by atoms with Crippen molar-refractivity contribution in [2.75, 3.05) is 40.5 Å². The second-order valence-electron chi connectivity index (χ2n) is 8.99. The Morgan fingerprint density at radius 1 is 0.906 bits per heavy atom. The van der Waals surface area contributed by atoms with Crippen LogP contribution in [-0.2, 0) is 19.1 Å². The molecule has 1 aliphatic heterocycles. The summed E-state index contributed by atoms with van der Waals surface area (Å²) in [5.41, 5.74) is 4.02. The number of imide groups is 1. The molecule has 2 aliphatic rings. The van der Waals surface area contributed by atoms with E-state index in [0.29, 0.717) is 37.6 Å². The topological polar surface area (TPSA) is 59.1 Å². The predicted molar refractivity (Wildman–Crippen MR) is 126 cm³/mol. The van der Waals surface area contributed by atoms with Gasteiger partial charge in [-0.25, -0.2) is 0 Å². The van der Waals surface area contributed by atoms with Crippen LogP contribution in [0.2, 0.25) is 0 Å². The number of ether oxygens (including phenoxy) is 2. The molecule has 0 spiro atoms. The summed E-state index contributed by atoms with van der Waals surface area (Å²) in [5, 5.41) is 0. The van der Waals surface area contributed by atoms with Gasteiger partial charge in [-0.15, -0.1) is 0 Å². The molecule has 0 atom stereocenters.